The molecule has 0 aliphatic rings. The van der Waals surface area contributed by atoms with Gasteiger partial charge in [0.1, 0.15) is 17.0 Å². The summed E-state index contributed by atoms with van der Waals surface area (Å²) in [7, 11) is 0. The molecule has 1 unspecified atom stereocenters. The van der Waals surface area contributed by atoms with Crippen molar-refractivity contribution in [2.45, 2.75) is 49.8 Å². The zero-order chi connectivity index (χ0) is 19.6. The van der Waals surface area contributed by atoms with Crippen LogP contribution in [0.25, 0.3) is 0 Å². The van der Waals surface area contributed by atoms with Crippen LogP contribution in [0, 0.1) is 11.6 Å². The molecule has 25 heavy (non-hydrogen) atoms. The lowest BCUT2D eigenvalue weighted by Crippen LogP contribution is -2.55. The van der Waals surface area contributed by atoms with Crippen molar-refractivity contribution in [3.05, 3.63) is 35.4 Å². The standard InChI is InChI=1S/C15H19F6NO2S/c1-13(2,3)25(24)22-14(8-16,7-11(23)15(19,20)21)9-5-4-6-10(17)12(9)18/h4-6,11,22-23H,7-8H2,1-3H3/t11-,14-,25?/m1/s1. The molecule has 0 aliphatic heterocycles. The van der Waals surface area contributed by atoms with Crippen molar-refractivity contribution in [2.24, 2.45) is 0 Å². The van der Waals surface area contributed by atoms with Crippen molar-refractivity contribution < 1.29 is 36.0 Å². The Labute approximate surface area is 144 Å². The summed E-state index contributed by atoms with van der Waals surface area (Å²) in [5.41, 5.74) is -3.31. The van der Waals surface area contributed by atoms with Gasteiger partial charge in [0, 0.05) is 23.3 Å². The second-order valence-corrected chi connectivity index (χ2v) is 8.53. The van der Waals surface area contributed by atoms with Crippen LogP contribution in [0.5, 0.6) is 0 Å². The summed E-state index contributed by atoms with van der Waals surface area (Å²) in [6, 6.07) is 2.58. The molecule has 0 aromatic heterocycles. The molecule has 0 heterocycles. The number of rotatable bonds is 6. The lowest BCUT2D eigenvalue weighted by molar-refractivity contribution is -0.210. The lowest BCUT2D eigenvalue weighted by Gasteiger charge is -2.37. The molecule has 2 N–H and O–H groups in total. The summed E-state index contributed by atoms with van der Waals surface area (Å²) in [6.45, 7) is 2.73. The van der Waals surface area contributed by atoms with E-state index in [-0.39, 0.29) is 0 Å². The van der Waals surface area contributed by atoms with E-state index in [1.807, 2.05) is 0 Å². The second-order valence-electron chi connectivity index (χ2n) is 6.56. The number of alkyl halides is 4. The van der Waals surface area contributed by atoms with Crippen LogP contribution in [0.1, 0.15) is 32.8 Å². The zero-order valence-corrected chi connectivity index (χ0v) is 14.6. The highest BCUT2D eigenvalue weighted by atomic mass is 32.2. The third-order valence-corrected chi connectivity index (χ3v) is 5.15. The van der Waals surface area contributed by atoms with Gasteiger partial charge in [-0.3, -0.25) is 0 Å². The van der Waals surface area contributed by atoms with Crippen molar-refractivity contribution in [2.75, 3.05) is 6.67 Å². The maximum absolute atomic E-state index is 14.1. The van der Waals surface area contributed by atoms with Crippen LogP contribution in [0.3, 0.4) is 0 Å². The Morgan fingerprint density at radius 3 is 2.20 bits per heavy atom. The molecule has 1 aromatic carbocycles. The van der Waals surface area contributed by atoms with Gasteiger partial charge in [0.15, 0.2) is 17.7 Å². The van der Waals surface area contributed by atoms with Gasteiger partial charge >= 0.3 is 6.18 Å². The normalized spacial score (nSPS) is 17.9. The fourth-order valence-electron chi connectivity index (χ4n) is 2.01. The quantitative estimate of drug-likeness (QED) is 0.577. The summed E-state index contributed by atoms with van der Waals surface area (Å²) < 4.78 is 93.1. The van der Waals surface area contributed by atoms with E-state index in [4.69, 9.17) is 0 Å². The lowest BCUT2D eigenvalue weighted by atomic mass is 9.86. The smallest absolute Gasteiger partial charge is 0.414 e. The van der Waals surface area contributed by atoms with Crippen molar-refractivity contribution in [3.8, 4) is 0 Å². The summed E-state index contributed by atoms with van der Waals surface area (Å²) in [6.07, 6.45) is -9.53. The van der Waals surface area contributed by atoms with Gasteiger partial charge < -0.3 is 9.66 Å². The first-order chi connectivity index (χ1) is 11.2. The van der Waals surface area contributed by atoms with Gasteiger partial charge in [0.2, 0.25) is 0 Å². The van der Waals surface area contributed by atoms with E-state index in [0.29, 0.717) is 6.07 Å². The van der Waals surface area contributed by atoms with Gasteiger partial charge in [-0.25, -0.2) is 13.2 Å². The Hall–Kier alpha value is -0.970. The molecule has 0 saturated heterocycles. The molecule has 0 fully saturated rings. The number of aliphatic hydroxyl groups is 1. The molecule has 1 aromatic rings. The first kappa shape index (κ1) is 22.1. The largest absolute Gasteiger partial charge is 0.598 e. The average Bonchev–Trinajstić information content (AvgIpc) is 2.47. The molecule has 0 spiro atoms. The summed E-state index contributed by atoms with van der Waals surface area (Å²) in [4.78, 5) is 0. The number of halogens is 6. The molecular weight excluding hydrogens is 372 g/mol. The summed E-state index contributed by atoms with van der Waals surface area (Å²) in [5.74, 6) is -2.98. The third-order valence-electron chi connectivity index (χ3n) is 3.46. The molecule has 1 rings (SSSR count). The molecule has 0 bridgehead atoms. The van der Waals surface area contributed by atoms with Crippen molar-refractivity contribution in [1.29, 1.82) is 0 Å². The Balaban J connectivity index is 3.45. The van der Waals surface area contributed by atoms with Crippen LogP contribution in [0.4, 0.5) is 26.3 Å². The minimum atomic E-state index is -5.12. The van der Waals surface area contributed by atoms with E-state index in [0.717, 1.165) is 12.1 Å². The Bertz CT molecular complexity index is 568. The van der Waals surface area contributed by atoms with Gasteiger partial charge in [-0.05, 0) is 26.8 Å². The molecular formula is C15H19F6NO2S. The predicted octanol–water partition coefficient (Wildman–Crippen LogP) is 3.49. The highest BCUT2D eigenvalue weighted by molar-refractivity contribution is 7.90. The van der Waals surface area contributed by atoms with E-state index in [1.165, 1.54) is 20.8 Å². The van der Waals surface area contributed by atoms with Crippen LogP contribution in [0.15, 0.2) is 18.2 Å². The summed E-state index contributed by atoms with van der Waals surface area (Å²) in [5, 5.41) is 9.34. The van der Waals surface area contributed by atoms with Crippen LogP contribution in [0.2, 0.25) is 0 Å². The van der Waals surface area contributed by atoms with Gasteiger partial charge in [-0.1, -0.05) is 12.1 Å². The monoisotopic (exact) mass is 391 g/mol. The molecule has 3 atom stereocenters. The second kappa shape index (κ2) is 7.73. The fraction of sp³-hybridized carbons (Fsp3) is 0.600. The topological polar surface area (TPSA) is 55.3 Å². The van der Waals surface area contributed by atoms with Crippen LogP contribution < -0.4 is 4.72 Å². The van der Waals surface area contributed by atoms with Gasteiger partial charge in [-0.2, -0.15) is 13.2 Å². The van der Waals surface area contributed by atoms with Crippen LogP contribution in [-0.4, -0.2) is 33.4 Å². The Morgan fingerprint density at radius 1 is 1.20 bits per heavy atom. The van der Waals surface area contributed by atoms with E-state index >= 15 is 0 Å². The molecule has 0 amide bonds. The van der Waals surface area contributed by atoms with Crippen molar-refractivity contribution in [1.82, 2.24) is 4.72 Å². The third kappa shape index (κ3) is 5.25. The molecule has 0 saturated carbocycles. The molecule has 0 radical (unpaired) electrons. The molecule has 144 valence electrons. The van der Waals surface area contributed by atoms with Crippen LogP contribution >= 0.6 is 0 Å². The van der Waals surface area contributed by atoms with Crippen LogP contribution in [-0.2, 0) is 16.9 Å². The van der Waals surface area contributed by atoms with Gasteiger partial charge in [0.05, 0.1) is 0 Å². The Morgan fingerprint density at radius 2 is 1.76 bits per heavy atom. The highest BCUT2D eigenvalue weighted by Crippen LogP contribution is 2.36. The minimum absolute atomic E-state index is 0.711. The number of hydrogen-bond donors (Lipinski definition) is 2. The van der Waals surface area contributed by atoms with E-state index in [1.54, 1.807) is 0 Å². The maximum Gasteiger partial charge on any atom is 0.414 e. The SMILES string of the molecule is CC(C)(C)[S+]([O-])N[C@@](CF)(C[C@@H](O)C(F)(F)F)c1cccc(F)c1F. The van der Waals surface area contributed by atoms with E-state index in [2.05, 4.69) is 4.72 Å². The average molecular weight is 391 g/mol. The first-order valence-electron chi connectivity index (χ1n) is 7.19. The van der Waals surface area contributed by atoms with Crippen molar-refractivity contribution in [3.63, 3.8) is 0 Å². The molecule has 10 heteroatoms. The summed E-state index contributed by atoms with van der Waals surface area (Å²) >= 11 is -2.12. The van der Waals surface area contributed by atoms with Gasteiger partial charge in [0.25, 0.3) is 0 Å². The number of nitrogens with one attached hydrogen (secondary N) is 1. The number of hydrogen-bond acceptors (Lipinski definition) is 3. The van der Waals surface area contributed by atoms with Gasteiger partial charge in [-0.15, -0.1) is 4.72 Å². The van der Waals surface area contributed by atoms with E-state index in [9.17, 15) is 36.0 Å². The number of aliphatic hydroxyl groups excluding tert-OH is 1. The minimum Gasteiger partial charge on any atom is -0.598 e. The predicted molar refractivity (Wildman–Crippen MR) is 81.7 cm³/mol. The highest BCUT2D eigenvalue weighted by Gasteiger charge is 2.50. The van der Waals surface area contributed by atoms with E-state index < -0.39 is 64.2 Å². The zero-order valence-electron chi connectivity index (χ0n) is 13.8. The molecule has 0 aliphatic carbocycles. The van der Waals surface area contributed by atoms with Crippen molar-refractivity contribution >= 4 is 11.4 Å². The maximum atomic E-state index is 14.1. The number of benzene rings is 1. The molecule has 3 nitrogen and oxygen atoms in total. The first-order valence-corrected chi connectivity index (χ1v) is 8.34. The Kier molecular flexibility index (Phi) is 6.82. The fourth-order valence-corrected chi connectivity index (χ4v) is 2.92.